The van der Waals surface area contributed by atoms with E-state index >= 15 is 0 Å². The van der Waals surface area contributed by atoms with Gasteiger partial charge in [-0.15, -0.1) is 0 Å². The summed E-state index contributed by atoms with van der Waals surface area (Å²) in [4.78, 5) is 2.26. The van der Waals surface area contributed by atoms with Crippen molar-refractivity contribution in [1.82, 2.24) is 4.90 Å². The molecule has 154 valence electrons. The number of halogens is 1. The Labute approximate surface area is 177 Å². The van der Waals surface area contributed by atoms with E-state index in [1.165, 1.54) is 27.6 Å². The Hall–Kier alpha value is -1.45. The lowest BCUT2D eigenvalue weighted by molar-refractivity contribution is 0.354. The van der Waals surface area contributed by atoms with E-state index in [0.717, 1.165) is 10.8 Å². The second-order valence-electron chi connectivity index (χ2n) is 9.66. The van der Waals surface area contributed by atoms with Crippen LogP contribution in [0.3, 0.4) is 0 Å². The van der Waals surface area contributed by atoms with Gasteiger partial charge in [0.2, 0.25) is 0 Å². The van der Waals surface area contributed by atoms with Gasteiger partial charge in [0.1, 0.15) is 12.4 Å². The van der Waals surface area contributed by atoms with Gasteiger partial charge >= 0.3 is 0 Å². The van der Waals surface area contributed by atoms with Gasteiger partial charge in [-0.2, -0.15) is 0 Å². The van der Waals surface area contributed by atoms with Gasteiger partial charge in [0, 0.05) is 35.9 Å². The van der Waals surface area contributed by atoms with Gasteiger partial charge in [0.25, 0.3) is 0 Å². The van der Waals surface area contributed by atoms with E-state index in [0.29, 0.717) is 12.1 Å². The van der Waals surface area contributed by atoms with E-state index in [9.17, 15) is 0 Å². The van der Waals surface area contributed by atoms with E-state index in [2.05, 4.69) is 91.5 Å². The maximum atomic E-state index is 6.65. The molecule has 0 bridgehead atoms. The lowest BCUT2D eigenvalue weighted by atomic mass is 9.86. The van der Waals surface area contributed by atoms with E-state index in [1.54, 1.807) is 0 Å². The molecule has 0 aliphatic heterocycles. The SMILES string of the molecule is C=CCOc1c(C(C)(C)C)cc(Cl)cc1[Si](C)(C)C1C(N(C)C)=CC(C)=C1C. The first-order valence-corrected chi connectivity index (χ1v) is 13.4. The average Bonchev–Trinajstić information content (AvgIpc) is 2.88. The second-order valence-corrected chi connectivity index (χ2v) is 14.7. The van der Waals surface area contributed by atoms with Gasteiger partial charge in [-0.25, -0.2) is 0 Å². The van der Waals surface area contributed by atoms with Crippen LogP contribution in [0.5, 0.6) is 5.75 Å². The predicted octanol–water partition coefficient (Wildman–Crippen LogP) is 6.28. The first-order chi connectivity index (χ1) is 12.8. The Kier molecular flexibility index (Phi) is 6.62. The van der Waals surface area contributed by atoms with Gasteiger partial charge < -0.3 is 9.64 Å². The van der Waals surface area contributed by atoms with Crippen LogP contribution in [0, 0.1) is 0 Å². The number of hydrogen-bond donors (Lipinski definition) is 0. The van der Waals surface area contributed by atoms with Crippen LogP contribution < -0.4 is 9.92 Å². The smallest absolute Gasteiger partial charge is 0.122 e. The summed E-state index contributed by atoms with van der Waals surface area (Å²) < 4.78 is 6.31. The largest absolute Gasteiger partial charge is 0.489 e. The highest BCUT2D eigenvalue weighted by Crippen LogP contribution is 2.46. The van der Waals surface area contributed by atoms with Crippen LogP contribution in [0.4, 0.5) is 0 Å². The third kappa shape index (κ3) is 4.26. The fourth-order valence-corrected chi connectivity index (χ4v) is 8.58. The van der Waals surface area contributed by atoms with Crippen molar-refractivity contribution in [2.75, 3.05) is 20.7 Å². The van der Waals surface area contributed by atoms with E-state index in [4.69, 9.17) is 16.3 Å². The van der Waals surface area contributed by atoms with Crippen LogP contribution in [-0.2, 0) is 5.41 Å². The Balaban J connectivity index is 2.76. The van der Waals surface area contributed by atoms with E-state index in [1.807, 2.05) is 6.08 Å². The van der Waals surface area contributed by atoms with Crippen LogP contribution in [0.15, 0.2) is 47.7 Å². The molecule has 0 fully saturated rings. The second kappa shape index (κ2) is 8.12. The Morgan fingerprint density at radius 2 is 1.82 bits per heavy atom. The summed E-state index contributed by atoms with van der Waals surface area (Å²) >= 11 is 6.65. The summed E-state index contributed by atoms with van der Waals surface area (Å²) in [5, 5.41) is 2.08. The first kappa shape index (κ1) is 22.8. The van der Waals surface area contributed by atoms with Crippen molar-refractivity contribution in [3.8, 4) is 5.75 Å². The summed E-state index contributed by atoms with van der Waals surface area (Å²) in [5.74, 6) is 1.00. The van der Waals surface area contributed by atoms with Gasteiger partial charge in [0.15, 0.2) is 0 Å². The lowest BCUT2D eigenvalue weighted by Gasteiger charge is -2.38. The van der Waals surface area contributed by atoms with Crippen molar-refractivity contribution in [1.29, 1.82) is 0 Å². The molecule has 2 nitrogen and oxygen atoms in total. The van der Waals surface area contributed by atoms with Crippen LogP contribution in [0.2, 0.25) is 23.7 Å². The molecular formula is C24H36ClNOSi. The standard InChI is InChI=1S/C24H36ClNOSi/c1-11-12-27-22-19(24(4,5)6)14-18(25)15-21(22)28(9,10)23-17(3)16(2)13-20(23)26(7)8/h11,13-15,23H,1,12H2,2-10H3. The quantitative estimate of drug-likeness (QED) is 0.398. The van der Waals surface area contributed by atoms with Gasteiger partial charge in [-0.05, 0) is 42.7 Å². The zero-order valence-electron chi connectivity index (χ0n) is 19.0. The zero-order chi connectivity index (χ0) is 21.4. The number of ether oxygens (including phenoxy) is 1. The maximum Gasteiger partial charge on any atom is 0.122 e. The molecule has 1 aliphatic rings. The molecule has 1 aliphatic carbocycles. The summed E-state index contributed by atoms with van der Waals surface area (Å²) in [6, 6.07) is 4.22. The molecule has 0 radical (unpaired) electrons. The van der Waals surface area contributed by atoms with Crippen molar-refractivity contribution < 1.29 is 4.74 Å². The maximum absolute atomic E-state index is 6.65. The molecule has 0 spiro atoms. The number of benzene rings is 1. The molecule has 0 amide bonds. The molecule has 0 aromatic heterocycles. The minimum atomic E-state index is -2.02. The van der Waals surface area contributed by atoms with Crippen LogP contribution in [0.1, 0.15) is 40.2 Å². The van der Waals surface area contributed by atoms with Crippen molar-refractivity contribution in [3.63, 3.8) is 0 Å². The minimum absolute atomic E-state index is 0.0582. The van der Waals surface area contributed by atoms with E-state index < -0.39 is 8.07 Å². The number of allylic oxidation sites excluding steroid dienone is 3. The van der Waals surface area contributed by atoms with Gasteiger partial charge in [0.05, 0.1) is 8.07 Å². The van der Waals surface area contributed by atoms with Crippen molar-refractivity contribution in [2.24, 2.45) is 0 Å². The summed E-state index contributed by atoms with van der Waals surface area (Å²) in [6.07, 6.45) is 4.16. The normalized spacial score (nSPS) is 17.6. The van der Waals surface area contributed by atoms with Crippen molar-refractivity contribution in [2.45, 2.75) is 58.7 Å². The molecule has 0 heterocycles. The van der Waals surface area contributed by atoms with Gasteiger partial charge in [-0.1, -0.05) is 69.3 Å². The highest BCUT2D eigenvalue weighted by Gasteiger charge is 2.43. The van der Waals surface area contributed by atoms with Crippen LogP contribution >= 0.6 is 11.6 Å². The van der Waals surface area contributed by atoms with Crippen molar-refractivity contribution >= 4 is 24.9 Å². The fourth-order valence-electron chi connectivity index (χ4n) is 4.25. The fraction of sp³-hybridized carbons (Fsp3) is 0.500. The first-order valence-electron chi connectivity index (χ1n) is 9.96. The number of rotatable bonds is 6. The molecule has 1 aromatic carbocycles. The third-order valence-electron chi connectivity index (χ3n) is 5.85. The summed E-state index contributed by atoms with van der Waals surface area (Å²) in [7, 11) is 2.26. The van der Waals surface area contributed by atoms with Crippen LogP contribution in [0.25, 0.3) is 0 Å². The highest BCUT2D eigenvalue weighted by atomic mass is 35.5. The number of nitrogens with zero attached hydrogens (tertiary/aromatic N) is 1. The lowest BCUT2D eigenvalue weighted by Crippen LogP contribution is -2.49. The molecule has 1 unspecified atom stereocenters. The molecule has 0 saturated carbocycles. The van der Waals surface area contributed by atoms with Crippen molar-refractivity contribution in [3.05, 3.63) is 58.3 Å². The predicted molar refractivity (Wildman–Crippen MR) is 127 cm³/mol. The molecule has 28 heavy (non-hydrogen) atoms. The Bertz CT molecular complexity index is 828. The van der Waals surface area contributed by atoms with Crippen LogP contribution in [-0.4, -0.2) is 33.7 Å². The van der Waals surface area contributed by atoms with E-state index in [-0.39, 0.29) is 5.41 Å². The zero-order valence-corrected chi connectivity index (χ0v) is 20.8. The topological polar surface area (TPSA) is 12.5 Å². The average molecular weight is 418 g/mol. The third-order valence-corrected chi connectivity index (χ3v) is 10.0. The molecule has 0 saturated heterocycles. The number of hydrogen-bond acceptors (Lipinski definition) is 2. The summed E-state index contributed by atoms with van der Waals surface area (Å²) in [6.45, 7) is 20.4. The molecular weight excluding hydrogens is 382 g/mol. The molecule has 1 aromatic rings. The molecule has 1 atom stereocenters. The molecule has 2 rings (SSSR count). The molecule has 4 heteroatoms. The van der Waals surface area contributed by atoms with Gasteiger partial charge in [-0.3, -0.25) is 0 Å². The molecule has 0 N–H and O–H groups in total. The Morgan fingerprint density at radius 3 is 2.32 bits per heavy atom. The monoisotopic (exact) mass is 417 g/mol. The summed E-state index contributed by atoms with van der Waals surface area (Å²) in [5.41, 5.74) is 5.74. The Morgan fingerprint density at radius 1 is 1.21 bits per heavy atom. The minimum Gasteiger partial charge on any atom is -0.489 e. The highest BCUT2D eigenvalue weighted by molar-refractivity contribution is 6.92.